The Labute approximate surface area is 163 Å². The number of Topliss-reactive ketones (excluding diaryl/α,β-unsaturated/α-hetero) is 1. The van der Waals surface area contributed by atoms with Gasteiger partial charge in [0.25, 0.3) is 0 Å². The Kier molecular flexibility index (Phi) is 4.18. The van der Waals surface area contributed by atoms with Gasteiger partial charge in [0.2, 0.25) is 5.88 Å². The van der Waals surface area contributed by atoms with Crippen LogP contribution in [0.15, 0.2) is 20.9 Å². The number of nitrogens with zero attached hydrogens (tertiary/aromatic N) is 3. The van der Waals surface area contributed by atoms with E-state index in [1.54, 1.807) is 4.90 Å². The van der Waals surface area contributed by atoms with Crippen LogP contribution in [0.3, 0.4) is 0 Å². The lowest BCUT2D eigenvalue weighted by molar-refractivity contribution is -0.117. The number of rotatable bonds is 1. The second kappa shape index (κ2) is 6.27. The highest BCUT2D eigenvalue weighted by atomic mass is 35.5. The summed E-state index contributed by atoms with van der Waals surface area (Å²) in [5.41, 5.74) is 13.2. The highest BCUT2D eigenvalue weighted by molar-refractivity contribution is 8.04. The highest BCUT2D eigenvalue weighted by Gasteiger charge is 2.44. The van der Waals surface area contributed by atoms with E-state index in [-0.39, 0.29) is 28.7 Å². The summed E-state index contributed by atoms with van der Waals surface area (Å²) >= 11 is 13.9. The SMILES string of the molecule is N#Cc1c(N)nc2c(c1N)C(N1CSC(Cl)=C1Cl)C1=C(CCCC1=O)O2. The predicted molar refractivity (Wildman–Crippen MR) is 100 cm³/mol. The first-order valence-electron chi connectivity index (χ1n) is 7.81. The van der Waals surface area contributed by atoms with Crippen molar-refractivity contribution in [2.24, 2.45) is 0 Å². The summed E-state index contributed by atoms with van der Waals surface area (Å²) in [6.07, 6.45) is 1.71. The van der Waals surface area contributed by atoms with Crippen LogP contribution in [0.5, 0.6) is 5.88 Å². The smallest absolute Gasteiger partial charge is 0.228 e. The number of nitrogen functional groups attached to an aromatic ring is 2. The maximum absolute atomic E-state index is 12.7. The standard InChI is InChI=1S/C16H13Cl2N5O2S/c17-13-14(18)26-5-23(13)12-9-7(24)2-1-3-8(9)25-16-10(12)11(20)6(4-19)15(21)22-16/h12H,1-3,5H2,(H4,20,21,22). The highest BCUT2D eigenvalue weighted by Crippen LogP contribution is 2.52. The normalized spacial score (nSPS) is 22.1. The van der Waals surface area contributed by atoms with Crippen LogP contribution in [0.4, 0.5) is 11.5 Å². The number of carbonyl (C=O) groups is 1. The third kappa shape index (κ3) is 2.42. The molecule has 0 spiro atoms. The fourth-order valence-electron chi connectivity index (χ4n) is 3.43. The van der Waals surface area contributed by atoms with Gasteiger partial charge < -0.3 is 21.1 Å². The summed E-state index contributed by atoms with van der Waals surface area (Å²) in [5.74, 6) is 1.15. The molecule has 0 aromatic carbocycles. The number of ether oxygens (including phenoxy) is 1. The monoisotopic (exact) mass is 409 g/mol. The molecular formula is C16H13Cl2N5O2S. The van der Waals surface area contributed by atoms with Gasteiger partial charge in [0.05, 0.1) is 28.7 Å². The van der Waals surface area contributed by atoms with Crippen molar-refractivity contribution in [3.05, 3.63) is 32.0 Å². The summed E-state index contributed by atoms with van der Waals surface area (Å²) in [6.45, 7) is 0. The molecule has 134 valence electrons. The number of hydrogen-bond acceptors (Lipinski definition) is 8. The molecule has 1 atom stereocenters. The number of nitrogens with two attached hydrogens (primary N) is 2. The lowest BCUT2D eigenvalue weighted by Crippen LogP contribution is -2.35. The minimum Gasteiger partial charge on any atom is -0.442 e. The van der Waals surface area contributed by atoms with E-state index in [1.807, 2.05) is 6.07 Å². The number of allylic oxidation sites excluding steroid dienone is 1. The topological polar surface area (TPSA) is 118 Å². The molecule has 10 heteroatoms. The van der Waals surface area contributed by atoms with E-state index in [9.17, 15) is 10.1 Å². The van der Waals surface area contributed by atoms with Gasteiger partial charge in [0.15, 0.2) is 5.78 Å². The van der Waals surface area contributed by atoms with E-state index in [0.717, 1.165) is 0 Å². The van der Waals surface area contributed by atoms with Crippen molar-refractivity contribution in [3.8, 4) is 11.9 Å². The average Bonchev–Trinajstić information content (AvgIpc) is 2.93. The van der Waals surface area contributed by atoms with Gasteiger partial charge in [0, 0.05) is 12.8 Å². The first-order chi connectivity index (χ1) is 12.4. The zero-order valence-electron chi connectivity index (χ0n) is 13.4. The molecule has 4 rings (SSSR count). The van der Waals surface area contributed by atoms with Gasteiger partial charge in [-0.15, -0.1) is 0 Å². The van der Waals surface area contributed by atoms with Crippen LogP contribution in [0.1, 0.15) is 36.4 Å². The molecule has 1 unspecified atom stereocenters. The van der Waals surface area contributed by atoms with Crippen LogP contribution < -0.4 is 16.2 Å². The maximum Gasteiger partial charge on any atom is 0.228 e. The third-order valence-electron chi connectivity index (χ3n) is 4.61. The average molecular weight is 410 g/mol. The summed E-state index contributed by atoms with van der Waals surface area (Å²) in [7, 11) is 0. The molecule has 26 heavy (non-hydrogen) atoms. The van der Waals surface area contributed by atoms with Gasteiger partial charge in [-0.1, -0.05) is 35.0 Å². The van der Waals surface area contributed by atoms with E-state index in [2.05, 4.69) is 4.98 Å². The molecule has 0 saturated heterocycles. The number of pyridine rings is 1. The molecule has 2 aliphatic heterocycles. The van der Waals surface area contributed by atoms with Crippen molar-refractivity contribution in [1.82, 2.24) is 9.88 Å². The molecule has 1 aromatic rings. The first kappa shape index (κ1) is 17.3. The quantitative estimate of drug-likeness (QED) is 0.678. The fraction of sp³-hybridized carbons (Fsp3) is 0.312. The molecule has 1 aliphatic carbocycles. The molecule has 0 saturated carbocycles. The number of aromatic nitrogens is 1. The molecular weight excluding hydrogens is 397 g/mol. The molecule has 3 aliphatic rings. The summed E-state index contributed by atoms with van der Waals surface area (Å²) in [4.78, 5) is 18.7. The Hall–Kier alpha value is -2.08. The summed E-state index contributed by atoms with van der Waals surface area (Å²) in [5, 5.41) is 9.72. The third-order valence-corrected chi connectivity index (χ3v) is 6.59. The van der Waals surface area contributed by atoms with Gasteiger partial charge in [0.1, 0.15) is 32.7 Å². The Morgan fingerprint density at radius 3 is 2.77 bits per heavy atom. The molecule has 0 bridgehead atoms. The number of thioether (sulfide) groups is 1. The molecule has 4 N–H and O–H groups in total. The van der Waals surface area contributed by atoms with Crippen LogP contribution >= 0.6 is 35.0 Å². The number of carbonyl (C=O) groups excluding carboxylic acids is 1. The zero-order chi connectivity index (χ0) is 18.6. The van der Waals surface area contributed by atoms with Gasteiger partial charge in [-0.2, -0.15) is 10.2 Å². The number of fused-ring (bicyclic) bond motifs is 1. The molecule has 0 fully saturated rings. The second-order valence-electron chi connectivity index (χ2n) is 6.04. The van der Waals surface area contributed by atoms with Crippen molar-refractivity contribution >= 4 is 52.3 Å². The lowest BCUT2D eigenvalue weighted by atomic mass is 9.84. The van der Waals surface area contributed by atoms with Crippen LogP contribution in [-0.4, -0.2) is 21.5 Å². The lowest BCUT2D eigenvalue weighted by Gasteiger charge is -2.38. The van der Waals surface area contributed by atoms with Crippen LogP contribution in [0, 0.1) is 11.3 Å². The van der Waals surface area contributed by atoms with E-state index >= 15 is 0 Å². The number of hydrogen-bond donors (Lipinski definition) is 2. The number of halogens is 2. The molecule has 3 heterocycles. The minimum absolute atomic E-state index is 0.0100. The van der Waals surface area contributed by atoms with Crippen LogP contribution in [0.2, 0.25) is 0 Å². The molecule has 0 amide bonds. The van der Waals surface area contributed by atoms with Gasteiger partial charge in [-0.05, 0) is 6.42 Å². The van der Waals surface area contributed by atoms with Crippen molar-refractivity contribution in [1.29, 1.82) is 5.26 Å². The summed E-state index contributed by atoms with van der Waals surface area (Å²) < 4.78 is 6.31. The maximum atomic E-state index is 12.7. The Bertz CT molecular complexity index is 953. The summed E-state index contributed by atoms with van der Waals surface area (Å²) in [6, 6.07) is 1.35. The predicted octanol–water partition coefficient (Wildman–Crippen LogP) is 3.17. The van der Waals surface area contributed by atoms with Gasteiger partial charge in [-0.3, -0.25) is 4.79 Å². The van der Waals surface area contributed by atoms with E-state index in [1.165, 1.54) is 11.8 Å². The fourth-order valence-corrected chi connectivity index (χ4v) is 4.85. The van der Waals surface area contributed by atoms with Crippen molar-refractivity contribution in [3.63, 3.8) is 0 Å². The minimum atomic E-state index is -0.613. The first-order valence-corrected chi connectivity index (χ1v) is 9.56. The van der Waals surface area contributed by atoms with Crippen molar-refractivity contribution < 1.29 is 9.53 Å². The van der Waals surface area contributed by atoms with E-state index in [0.29, 0.717) is 51.6 Å². The number of nitriles is 1. The number of anilines is 2. The molecule has 1 aromatic heterocycles. The molecule has 7 nitrogen and oxygen atoms in total. The van der Waals surface area contributed by atoms with Gasteiger partial charge in [-0.25, -0.2) is 0 Å². The largest absolute Gasteiger partial charge is 0.442 e. The van der Waals surface area contributed by atoms with Gasteiger partial charge >= 0.3 is 0 Å². The van der Waals surface area contributed by atoms with Crippen LogP contribution in [0.25, 0.3) is 0 Å². The second-order valence-corrected chi connectivity index (χ2v) is 7.96. The number of ketones is 1. The van der Waals surface area contributed by atoms with E-state index < -0.39 is 6.04 Å². The Morgan fingerprint density at radius 2 is 2.12 bits per heavy atom. The zero-order valence-corrected chi connectivity index (χ0v) is 15.7. The Balaban J connectivity index is 1.99. The van der Waals surface area contributed by atoms with Crippen LogP contribution in [-0.2, 0) is 4.79 Å². The van der Waals surface area contributed by atoms with Crippen molar-refractivity contribution in [2.75, 3.05) is 17.3 Å². The van der Waals surface area contributed by atoms with E-state index in [4.69, 9.17) is 39.4 Å². The Morgan fingerprint density at radius 1 is 1.35 bits per heavy atom. The van der Waals surface area contributed by atoms with Crippen molar-refractivity contribution in [2.45, 2.75) is 25.3 Å². The molecule has 0 radical (unpaired) electrons.